The fourth-order valence-electron chi connectivity index (χ4n) is 2.38. The first kappa shape index (κ1) is 15.3. The SMILES string of the molecule is Cc1cc(Cl)ccc1NC(=O)[C@H]1CCCN1S(C)(=O)=O. The Kier molecular flexibility index (Phi) is 4.36. The lowest BCUT2D eigenvalue weighted by Gasteiger charge is -2.21. The lowest BCUT2D eigenvalue weighted by atomic mass is 10.1. The van der Waals surface area contributed by atoms with Crippen molar-refractivity contribution in [1.82, 2.24) is 4.31 Å². The number of sulfonamides is 1. The molecule has 0 spiro atoms. The van der Waals surface area contributed by atoms with Gasteiger partial charge in [-0.3, -0.25) is 4.79 Å². The fraction of sp³-hybridized carbons (Fsp3) is 0.462. The maximum absolute atomic E-state index is 12.3. The van der Waals surface area contributed by atoms with Crippen molar-refractivity contribution in [2.24, 2.45) is 0 Å². The Morgan fingerprint density at radius 1 is 1.45 bits per heavy atom. The van der Waals surface area contributed by atoms with Crippen LogP contribution in [0.15, 0.2) is 18.2 Å². The van der Waals surface area contributed by atoms with Gasteiger partial charge in [0.1, 0.15) is 6.04 Å². The first-order chi connectivity index (χ1) is 9.29. The van der Waals surface area contributed by atoms with E-state index in [1.54, 1.807) is 18.2 Å². The van der Waals surface area contributed by atoms with Crippen molar-refractivity contribution in [2.45, 2.75) is 25.8 Å². The van der Waals surface area contributed by atoms with E-state index in [-0.39, 0.29) is 5.91 Å². The van der Waals surface area contributed by atoms with Gasteiger partial charge in [-0.15, -0.1) is 0 Å². The van der Waals surface area contributed by atoms with Gasteiger partial charge in [0.15, 0.2) is 0 Å². The van der Waals surface area contributed by atoms with Gasteiger partial charge in [0.2, 0.25) is 15.9 Å². The number of amides is 1. The molecule has 20 heavy (non-hydrogen) atoms. The van der Waals surface area contributed by atoms with Crippen LogP contribution < -0.4 is 5.32 Å². The first-order valence-electron chi connectivity index (χ1n) is 6.33. The summed E-state index contributed by atoms with van der Waals surface area (Å²) in [7, 11) is -3.35. The molecule has 1 aromatic rings. The van der Waals surface area contributed by atoms with E-state index in [2.05, 4.69) is 5.32 Å². The van der Waals surface area contributed by atoms with Gasteiger partial charge in [-0.1, -0.05) is 11.6 Å². The Hall–Kier alpha value is -1.11. The normalized spacial score (nSPS) is 20.1. The lowest BCUT2D eigenvalue weighted by Crippen LogP contribution is -2.42. The molecule has 5 nitrogen and oxygen atoms in total. The van der Waals surface area contributed by atoms with Crippen molar-refractivity contribution in [1.29, 1.82) is 0 Å². The largest absolute Gasteiger partial charge is 0.324 e. The number of nitrogens with zero attached hydrogens (tertiary/aromatic N) is 1. The second-order valence-electron chi connectivity index (χ2n) is 4.98. The molecule has 1 fully saturated rings. The number of hydrogen-bond acceptors (Lipinski definition) is 3. The molecule has 1 atom stereocenters. The number of hydrogen-bond donors (Lipinski definition) is 1. The number of carbonyl (C=O) groups excluding carboxylic acids is 1. The van der Waals surface area contributed by atoms with Crippen molar-refractivity contribution in [3.05, 3.63) is 28.8 Å². The van der Waals surface area contributed by atoms with Gasteiger partial charge in [0.25, 0.3) is 0 Å². The van der Waals surface area contributed by atoms with E-state index in [0.29, 0.717) is 30.1 Å². The zero-order valence-electron chi connectivity index (χ0n) is 11.4. The van der Waals surface area contributed by atoms with Crippen molar-refractivity contribution < 1.29 is 13.2 Å². The summed E-state index contributed by atoms with van der Waals surface area (Å²) < 4.78 is 24.5. The van der Waals surface area contributed by atoms with Crippen molar-refractivity contribution in [3.63, 3.8) is 0 Å². The molecule has 2 rings (SSSR count). The lowest BCUT2D eigenvalue weighted by molar-refractivity contribution is -0.119. The Morgan fingerprint density at radius 3 is 2.75 bits per heavy atom. The third-order valence-electron chi connectivity index (χ3n) is 3.38. The summed E-state index contributed by atoms with van der Waals surface area (Å²) in [6, 6.07) is 4.53. The quantitative estimate of drug-likeness (QED) is 0.927. The van der Waals surface area contributed by atoms with Crippen LogP contribution in [0.3, 0.4) is 0 Å². The minimum atomic E-state index is -3.35. The molecule has 1 aliphatic rings. The van der Waals surface area contributed by atoms with E-state index in [1.165, 1.54) is 4.31 Å². The van der Waals surface area contributed by atoms with Gasteiger partial charge in [-0.25, -0.2) is 8.42 Å². The standard InChI is InChI=1S/C13H17ClN2O3S/c1-9-8-10(14)5-6-11(9)15-13(17)12-4-3-7-16(12)20(2,18)19/h5-6,8,12H,3-4,7H2,1-2H3,(H,15,17)/t12-/m1/s1. The summed E-state index contributed by atoms with van der Waals surface area (Å²) in [6.45, 7) is 2.24. The summed E-state index contributed by atoms with van der Waals surface area (Å²) in [5.41, 5.74) is 1.49. The maximum Gasteiger partial charge on any atom is 0.242 e. The molecule has 110 valence electrons. The van der Waals surface area contributed by atoms with E-state index < -0.39 is 16.1 Å². The number of anilines is 1. The Morgan fingerprint density at radius 2 is 2.15 bits per heavy atom. The van der Waals surface area contributed by atoms with Crippen LogP contribution in [0.2, 0.25) is 5.02 Å². The van der Waals surface area contributed by atoms with Crippen LogP contribution in [-0.2, 0) is 14.8 Å². The number of carbonyl (C=O) groups is 1. The Bertz CT molecular complexity index is 631. The molecule has 0 saturated carbocycles. The molecule has 0 aromatic heterocycles. The highest BCUT2D eigenvalue weighted by molar-refractivity contribution is 7.88. The minimum absolute atomic E-state index is 0.293. The van der Waals surface area contributed by atoms with Crippen molar-refractivity contribution >= 4 is 33.2 Å². The van der Waals surface area contributed by atoms with Crippen LogP contribution >= 0.6 is 11.6 Å². The van der Waals surface area contributed by atoms with Gasteiger partial charge in [-0.2, -0.15) is 4.31 Å². The second-order valence-corrected chi connectivity index (χ2v) is 7.35. The average Bonchev–Trinajstić information content (AvgIpc) is 2.81. The number of nitrogens with one attached hydrogen (secondary N) is 1. The van der Waals surface area contributed by atoms with Gasteiger partial charge in [0, 0.05) is 17.3 Å². The number of aryl methyl sites for hydroxylation is 1. The van der Waals surface area contributed by atoms with E-state index in [9.17, 15) is 13.2 Å². The Labute approximate surface area is 124 Å². The van der Waals surface area contributed by atoms with Crippen LogP contribution in [0, 0.1) is 6.92 Å². The smallest absolute Gasteiger partial charge is 0.242 e. The summed E-state index contributed by atoms with van der Waals surface area (Å²) >= 11 is 5.86. The van der Waals surface area contributed by atoms with Crippen molar-refractivity contribution in [3.8, 4) is 0 Å². The van der Waals surface area contributed by atoms with E-state index in [1.807, 2.05) is 6.92 Å². The monoisotopic (exact) mass is 316 g/mol. The molecule has 0 aliphatic carbocycles. The van der Waals surface area contributed by atoms with E-state index in [4.69, 9.17) is 11.6 Å². The van der Waals surface area contributed by atoms with Crippen LogP contribution in [0.1, 0.15) is 18.4 Å². The molecular weight excluding hydrogens is 300 g/mol. The molecule has 1 aliphatic heterocycles. The summed E-state index contributed by atoms with van der Waals surface area (Å²) in [5, 5.41) is 3.37. The molecule has 0 unspecified atom stereocenters. The third kappa shape index (κ3) is 3.31. The van der Waals surface area contributed by atoms with Crippen LogP contribution in [-0.4, -0.2) is 37.5 Å². The summed E-state index contributed by atoms with van der Waals surface area (Å²) in [4.78, 5) is 12.3. The maximum atomic E-state index is 12.3. The van der Waals surface area contributed by atoms with E-state index in [0.717, 1.165) is 11.8 Å². The fourth-order valence-corrected chi connectivity index (χ4v) is 3.73. The predicted octanol–water partition coefficient (Wildman–Crippen LogP) is 2.01. The zero-order valence-corrected chi connectivity index (χ0v) is 13.0. The highest BCUT2D eigenvalue weighted by Gasteiger charge is 2.36. The van der Waals surface area contributed by atoms with Gasteiger partial charge in [-0.05, 0) is 43.5 Å². The minimum Gasteiger partial charge on any atom is -0.324 e. The number of benzene rings is 1. The predicted molar refractivity (Wildman–Crippen MR) is 79.4 cm³/mol. The highest BCUT2D eigenvalue weighted by Crippen LogP contribution is 2.24. The van der Waals surface area contributed by atoms with E-state index >= 15 is 0 Å². The van der Waals surface area contributed by atoms with Crippen LogP contribution in [0.5, 0.6) is 0 Å². The highest BCUT2D eigenvalue weighted by atomic mass is 35.5. The average molecular weight is 317 g/mol. The second kappa shape index (κ2) is 5.71. The summed E-state index contributed by atoms with van der Waals surface area (Å²) in [6.07, 6.45) is 2.38. The topological polar surface area (TPSA) is 66.5 Å². The molecule has 1 amide bonds. The molecule has 0 radical (unpaired) electrons. The summed E-state index contributed by atoms with van der Waals surface area (Å²) in [5.74, 6) is -0.293. The molecule has 1 aromatic carbocycles. The van der Waals surface area contributed by atoms with Crippen molar-refractivity contribution in [2.75, 3.05) is 18.1 Å². The first-order valence-corrected chi connectivity index (χ1v) is 8.55. The number of halogens is 1. The molecule has 0 bridgehead atoms. The zero-order chi connectivity index (χ0) is 14.9. The van der Waals surface area contributed by atoms with Crippen LogP contribution in [0.25, 0.3) is 0 Å². The molecule has 1 N–H and O–H groups in total. The molecular formula is C13H17ClN2O3S. The van der Waals surface area contributed by atoms with Gasteiger partial charge < -0.3 is 5.32 Å². The number of rotatable bonds is 3. The Balaban J connectivity index is 2.16. The van der Waals surface area contributed by atoms with Gasteiger partial charge in [0.05, 0.1) is 6.26 Å². The van der Waals surface area contributed by atoms with Gasteiger partial charge >= 0.3 is 0 Å². The third-order valence-corrected chi connectivity index (χ3v) is 4.90. The molecule has 7 heteroatoms. The molecule has 1 saturated heterocycles. The van der Waals surface area contributed by atoms with Crippen LogP contribution in [0.4, 0.5) is 5.69 Å². The molecule has 1 heterocycles.